The van der Waals surface area contributed by atoms with Gasteiger partial charge in [-0.1, -0.05) is 20.8 Å². The van der Waals surface area contributed by atoms with Crippen LogP contribution in [-0.4, -0.2) is 39.8 Å². The summed E-state index contributed by atoms with van der Waals surface area (Å²) in [5.41, 5.74) is -0.157. The first-order chi connectivity index (χ1) is 9.59. The molecule has 0 fully saturated rings. The topological polar surface area (TPSA) is 83.0 Å². The van der Waals surface area contributed by atoms with Gasteiger partial charge in [-0.25, -0.2) is 0 Å². The first-order valence-electron chi connectivity index (χ1n) is 7.09. The molecule has 114 valence electrons. The van der Waals surface area contributed by atoms with Crippen molar-refractivity contribution in [2.24, 2.45) is 5.41 Å². The van der Waals surface area contributed by atoms with Gasteiger partial charge in [0.2, 0.25) is 17.2 Å². The van der Waals surface area contributed by atoms with E-state index in [4.69, 9.17) is 11.6 Å². The summed E-state index contributed by atoms with van der Waals surface area (Å²) in [5, 5.41) is 15.9. The van der Waals surface area contributed by atoms with Gasteiger partial charge in [0.25, 0.3) is 0 Å². The molecule has 0 aliphatic carbocycles. The Kier molecular flexibility index (Phi) is 6.95. The van der Waals surface area contributed by atoms with E-state index in [2.05, 4.69) is 46.4 Å². The SMILES string of the molecule is CCCNc1nc(Cl)nc(NCC(CC)(CC)CO)n1. The van der Waals surface area contributed by atoms with Gasteiger partial charge in [0.05, 0.1) is 6.61 Å². The van der Waals surface area contributed by atoms with Crippen LogP contribution >= 0.6 is 11.6 Å². The maximum absolute atomic E-state index is 9.55. The summed E-state index contributed by atoms with van der Waals surface area (Å²) in [6.07, 6.45) is 2.74. The van der Waals surface area contributed by atoms with Crippen LogP contribution in [0.2, 0.25) is 5.28 Å². The average Bonchev–Trinajstić information content (AvgIpc) is 2.47. The average molecular weight is 302 g/mol. The molecule has 7 heteroatoms. The van der Waals surface area contributed by atoms with Crippen molar-refractivity contribution in [2.75, 3.05) is 30.3 Å². The lowest BCUT2D eigenvalue weighted by molar-refractivity contribution is 0.127. The molecule has 1 rings (SSSR count). The van der Waals surface area contributed by atoms with Gasteiger partial charge in [-0.3, -0.25) is 0 Å². The minimum absolute atomic E-state index is 0.132. The molecule has 0 aromatic carbocycles. The number of aromatic nitrogens is 3. The van der Waals surface area contributed by atoms with E-state index in [1.807, 2.05) is 0 Å². The van der Waals surface area contributed by atoms with E-state index in [1.165, 1.54) is 0 Å². The second-order valence-electron chi connectivity index (χ2n) is 4.90. The number of hydrogen-bond donors (Lipinski definition) is 3. The molecule has 0 atom stereocenters. The number of hydrogen-bond acceptors (Lipinski definition) is 6. The molecule has 0 aliphatic rings. The van der Waals surface area contributed by atoms with Crippen LogP contribution < -0.4 is 10.6 Å². The second kappa shape index (κ2) is 8.21. The summed E-state index contributed by atoms with van der Waals surface area (Å²) in [6.45, 7) is 7.71. The van der Waals surface area contributed by atoms with Crippen LogP contribution in [0.4, 0.5) is 11.9 Å². The Labute approximate surface area is 125 Å². The van der Waals surface area contributed by atoms with E-state index in [1.54, 1.807) is 0 Å². The van der Waals surface area contributed by atoms with Gasteiger partial charge in [0.15, 0.2) is 0 Å². The van der Waals surface area contributed by atoms with E-state index in [0.29, 0.717) is 18.4 Å². The molecule has 1 aromatic rings. The van der Waals surface area contributed by atoms with Crippen molar-refractivity contribution in [3.8, 4) is 0 Å². The standard InChI is InChI=1S/C13H24ClN5O/c1-4-7-15-11-17-10(14)18-12(19-11)16-8-13(5-2,6-3)9-20/h20H,4-9H2,1-3H3,(H2,15,16,17,18,19). The van der Waals surface area contributed by atoms with E-state index in [0.717, 1.165) is 25.8 Å². The zero-order chi connectivity index (χ0) is 15.0. The molecule has 0 saturated heterocycles. The molecule has 0 aliphatic heterocycles. The summed E-state index contributed by atoms with van der Waals surface area (Å²) >= 11 is 5.89. The number of aliphatic hydroxyl groups is 1. The highest BCUT2D eigenvalue weighted by Crippen LogP contribution is 2.25. The fraction of sp³-hybridized carbons (Fsp3) is 0.769. The molecule has 0 radical (unpaired) electrons. The molecule has 0 spiro atoms. The van der Waals surface area contributed by atoms with Gasteiger partial charge in [0.1, 0.15) is 0 Å². The van der Waals surface area contributed by atoms with Crippen LogP contribution in [-0.2, 0) is 0 Å². The van der Waals surface area contributed by atoms with Gasteiger partial charge in [-0.2, -0.15) is 15.0 Å². The lowest BCUT2D eigenvalue weighted by atomic mass is 9.83. The van der Waals surface area contributed by atoms with Crippen LogP contribution in [0.3, 0.4) is 0 Å². The molecule has 1 heterocycles. The van der Waals surface area contributed by atoms with Crippen LogP contribution in [0.25, 0.3) is 0 Å². The van der Waals surface area contributed by atoms with Crippen LogP contribution in [0, 0.1) is 5.41 Å². The number of halogens is 1. The Morgan fingerprint density at radius 2 is 1.65 bits per heavy atom. The Balaban J connectivity index is 2.74. The number of aliphatic hydroxyl groups excluding tert-OH is 1. The highest BCUT2D eigenvalue weighted by atomic mass is 35.5. The zero-order valence-electron chi connectivity index (χ0n) is 12.4. The van der Waals surface area contributed by atoms with E-state index in [-0.39, 0.29) is 17.3 Å². The third-order valence-electron chi connectivity index (χ3n) is 3.60. The maximum atomic E-state index is 9.55. The largest absolute Gasteiger partial charge is 0.396 e. The quantitative estimate of drug-likeness (QED) is 0.650. The Hall–Kier alpha value is -1.14. The Morgan fingerprint density at radius 1 is 1.05 bits per heavy atom. The van der Waals surface area contributed by atoms with Gasteiger partial charge < -0.3 is 15.7 Å². The molecule has 1 aromatic heterocycles. The summed E-state index contributed by atoms with van der Waals surface area (Å²) in [5.74, 6) is 0.903. The van der Waals surface area contributed by atoms with Crippen molar-refractivity contribution >= 4 is 23.5 Å². The molecule has 6 nitrogen and oxygen atoms in total. The highest BCUT2D eigenvalue weighted by Gasteiger charge is 2.25. The van der Waals surface area contributed by atoms with E-state index >= 15 is 0 Å². The van der Waals surface area contributed by atoms with Crippen molar-refractivity contribution in [1.82, 2.24) is 15.0 Å². The van der Waals surface area contributed by atoms with E-state index < -0.39 is 0 Å². The lowest BCUT2D eigenvalue weighted by Crippen LogP contribution is -2.32. The Morgan fingerprint density at radius 3 is 2.15 bits per heavy atom. The Bertz CT molecular complexity index is 403. The molecular formula is C13H24ClN5O. The molecule has 0 unspecified atom stereocenters. The van der Waals surface area contributed by atoms with Crippen LogP contribution in [0.15, 0.2) is 0 Å². The van der Waals surface area contributed by atoms with Gasteiger partial charge in [0, 0.05) is 18.5 Å². The molecule has 0 bridgehead atoms. The summed E-state index contributed by atoms with van der Waals surface area (Å²) in [7, 11) is 0. The van der Waals surface area contributed by atoms with Crippen LogP contribution in [0.5, 0.6) is 0 Å². The normalized spacial score (nSPS) is 11.4. The van der Waals surface area contributed by atoms with Crippen molar-refractivity contribution in [3.63, 3.8) is 0 Å². The predicted molar refractivity (Wildman–Crippen MR) is 82.2 cm³/mol. The summed E-state index contributed by atoms with van der Waals surface area (Å²) in [6, 6.07) is 0. The number of nitrogens with one attached hydrogen (secondary N) is 2. The third kappa shape index (κ3) is 4.76. The number of nitrogens with zero attached hydrogens (tertiary/aromatic N) is 3. The van der Waals surface area contributed by atoms with Gasteiger partial charge >= 0.3 is 0 Å². The van der Waals surface area contributed by atoms with E-state index in [9.17, 15) is 5.11 Å². The van der Waals surface area contributed by atoms with Crippen molar-refractivity contribution in [3.05, 3.63) is 5.28 Å². The van der Waals surface area contributed by atoms with Crippen molar-refractivity contribution in [1.29, 1.82) is 0 Å². The second-order valence-corrected chi connectivity index (χ2v) is 5.24. The predicted octanol–water partition coefficient (Wildman–Crippen LogP) is 2.56. The van der Waals surface area contributed by atoms with Crippen molar-refractivity contribution in [2.45, 2.75) is 40.0 Å². The highest BCUT2D eigenvalue weighted by molar-refractivity contribution is 6.28. The lowest BCUT2D eigenvalue weighted by Gasteiger charge is -2.29. The fourth-order valence-corrected chi connectivity index (χ4v) is 1.95. The minimum atomic E-state index is -0.157. The molecular weight excluding hydrogens is 278 g/mol. The number of rotatable bonds is 9. The monoisotopic (exact) mass is 301 g/mol. The maximum Gasteiger partial charge on any atom is 0.228 e. The smallest absolute Gasteiger partial charge is 0.228 e. The number of anilines is 2. The molecule has 3 N–H and O–H groups in total. The zero-order valence-corrected chi connectivity index (χ0v) is 13.2. The minimum Gasteiger partial charge on any atom is -0.396 e. The molecule has 0 saturated carbocycles. The third-order valence-corrected chi connectivity index (χ3v) is 3.77. The van der Waals surface area contributed by atoms with Crippen molar-refractivity contribution < 1.29 is 5.11 Å². The first kappa shape index (κ1) is 16.9. The van der Waals surface area contributed by atoms with Gasteiger partial charge in [-0.15, -0.1) is 0 Å². The fourth-order valence-electron chi connectivity index (χ4n) is 1.79. The first-order valence-corrected chi connectivity index (χ1v) is 7.47. The van der Waals surface area contributed by atoms with Gasteiger partial charge in [-0.05, 0) is 30.9 Å². The van der Waals surface area contributed by atoms with Crippen LogP contribution in [0.1, 0.15) is 40.0 Å². The summed E-state index contributed by atoms with van der Waals surface area (Å²) < 4.78 is 0. The summed E-state index contributed by atoms with van der Waals surface area (Å²) in [4.78, 5) is 12.3. The molecule has 0 amide bonds. The molecule has 20 heavy (non-hydrogen) atoms.